The Bertz CT molecular complexity index is 740. The summed E-state index contributed by atoms with van der Waals surface area (Å²) in [4.78, 5) is 15.6. The van der Waals surface area contributed by atoms with Crippen molar-refractivity contribution in [1.82, 2.24) is 0 Å². The van der Waals surface area contributed by atoms with E-state index in [-0.39, 0.29) is 11.2 Å². The Morgan fingerprint density at radius 2 is 2.00 bits per heavy atom. The summed E-state index contributed by atoms with van der Waals surface area (Å²) in [7, 11) is 1.66. The highest BCUT2D eigenvalue weighted by Gasteiger charge is 2.30. The average Bonchev–Trinajstić information content (AvgIpc) is 2.59. The quantitative estimate of drug-likeness (QED) is 0.836. The molecule has 2 aromatic carbocycles. The SMILES string of the molecule is C=Cc1ccc(CN2C(=O)C(C)Sc3cc(OC)ccc32)cc1. The molecule has 0 bridgehead atoms. The first-order valence-electron chi connectivity index (χ1n) is 7.50. The van der Waals surface area contributed by atoms with Gasteiger partial charge in [0.1, 0.15) is 5.75 Å². The summed E-state index contributed by atoms with van der Waals surface area (Å²) in [5.74, 6) is 0.952. The lowest BCUT2D eigenvalue weighted by Crippen LogP contribution is -2.39. The van der Waals surface area contributed by atoms with Crippen LogP contribution in [0.15, 0.2) is 53.9 Å². The first-order chi connectivity index (χ1) is 11.1. The van der Waals surface area contributed by atoms with Crippen molar-refractivity contribution in [3.63, 3.8) is 0 Å². The maximum atomic E-state index is 12.6. The van der Waals surface area contributed by atoms with Crippen LogP contribution >= 0.6 is 11.8 Å². The third-order valence-corrected chi connectivity index (χ3v) is 5.07. The molecule has 4 heteroatoms. The van der Waals surface area contributed by atoms with Gasteiger partial charge in [-0.2, -0.15) is 0 Å². The molecule has 118 valence electrons. The number of carbonyl (C=O) groups is 1. The van der Waals surface area contributed by atoms with Gasteiger partial charge in [-0.05, 0) is 36.2 Å². The van der Waals surface area contributed by atoms with Gasteiger partial charge in [-0.3, -0.25) is 4.79 Å². The molecule has 1 aliphatic rings. The molecule has 0 aliphatic carbocycles. The topological polar surface area (TPSA) is 29.5 Å². The number of methoxy groups -OCH3 is 1. The van der Waals surface area contributed by atoms with Crippen molar-refractivity contribution >= 4 is 29.4 Å². The molecule has 1 aliphatic heterocycles. The number of nitrogens with zero attached hydrogens (tertiary/aromatic N) is 1. The van der Waals surface area contributed by atoms with Crippen LogP contribution in [0.5, 0.6) is 5.75 Å². The highest BCUT2D eigenvalue weighted by molar-refractivity contribution is 8.01. The van der Waals surface area contributed by atoms with E-state index in [1.165, 1.54) is 0 Å². The molecule has 1 heterocycles. The fraction of sp³-hybridized carbons (Fsp3) is 0.211. The molecule has 0 radical (unpaired) electrons. The average molecular weight is 325 g/mol. The largest absolute Gasteiger partial charge is 0.497 e. The molecule has 0 N–H and O–H groups in total. The van der Waals surface area contributed by atoms with Gasteiger partial charge in [-0.25, -0.2) is 0 Å². The molecular weight excluding hydrogens is 306 g/mol. The Balaban J connectivity index is 1.93. The summed E-state index contributed by atoms with van der Waals surface area (Å²) < 4.78 is 5.30. The zero-order chi connectivity index (χ0) is 16.4. The van der Waals surface area contributed by atoms with Crippen LogP contribution in [0.25, 0.3) is 6.08 Å². The van der Waals surface area contributed by atoms with E-state index in [1.54, 1.807) is 18.9 Å². The molecule has 0 saturated carbocycles. The minimum Gasteiger partial charge on any atom is -0.497 e. The number of carbonyl (C=O) groups excluding carboxylic acids is 1. The van der Waals surface area contributed by atoms with Crippen LogP contribution in [0.1, 0.15) is 18.1 Å². The molecule has 0 aromatic heterocycles. The highest BCUT2D eigenvalue weighted by atomic mass is 32.2. The number of benzene rings is 2. The Kier molecular flexibility index (Phi) is 4.44. The maximum Gasteiger partial charge on any atom is 0.240 e. The van der Waals surface area contributed by atoms with Crippen molar-refractivity contribution in [2.24, 2.45) is 0 Å². The molecule has 23 heavy (non-hydrogen) atoms. The van der Waals surface area contributed by atoms with Crippen LogP contribution in [0.2, 0.25) is 0 Å². The molecule has 0 spiro atoms. The van der Waals surface area contributed by atoms with Crippen molar-refractivity contribution in [3.05, 3.63) is 60.2 Å². The molecule has 1 amide bonds. The Hall–Kier alpha value is -2.20. The van der Waals surface area contributed by atoms with Gasteiger partial charge in [0.25, 0.3) is 0 Å². The van der Waals surface area contributed by atoms with E-state index >= 15 is 0 Å². The predicted molar refractivity (Wildman–Crippen MR) is 96.0 cm³/mol. The fourth-order valence-electron chi connectivity index (χ4n) is 2.62. The lowest BCUT2D eigenvalue weighted by atomic mass is 10.1. The molecule has 2 aromatic rings. The van der Waals surface area contributed by atoms with E-state index in [4.69, 9.17) is 4.74 Å². The van der Waals surface area contributed by atoms with Crippen LogP contribution in [-0.2, 0) is 11.3 Å². The predicted octanol–water partition coefficient (Wildman–Crippen LogP) is 4.37. The van der Waals surface area contributed by atoms with Crippen LogP contribution in [-0.4, -0.2) is 18.3 Å². The van der Waals surface area contributed by atoms with Crippen molar-refractivity contribution < 1.29 is 9.53 Å². The number of anilines is 1. The second-order valence-corrected chi connectivity index (χ2v) is 6.85. The molecular formula is C19H19NO2S. The van der Waals surface area contributed by atoms with Crippen LogP contribution < -0.4 is 9.64 Å². The zero-order valence-electron chi connectivity index (χ0n) is 13.3. The van der Waals surface area contributed by atoms with Crippen molar-refractivity contribution in [1.29, 1.82) is 0 Å². The van der Waals surface area contributed by atoms with Crippen LogP contribution in [0.4, 0.5) is 5.69 Å². The summed E-state index contributed by atoms with van der Waals surface area (Å²) in [6.07, 6.45) is 1.82. The van der Waals surface area contributed by atoms with Crippen molar-refractivity contribution in [3.8, 4) is 5.75 Å². The third-order valence-electron chi connectivity index (χ3n) is 3.93. The lowest BCUT2D eigenvalue weighted by Gasteiger charge is -2.32. The summed E-state index contributed by atoms with van der Waals surface area (Å²) in [6.45, 7) is 6.28. The van der Waals surface area contributed by atoms with Crippen LogP contribution in [0.3, 0.4) is 0 Å². The second-order valence-electron chi connectivity index (χ2n) is 5.46. The normalized spacial score (nSPS) is 16.9. The number of hydrogen-bond acceptors (Lipinski definition) is 3. The minimum atomic E-state index is -0.0953. The number of hydrogen-bond donors (Lipinski definition) is 0. The highest BCUT2D eigenvalue weighted by Crippen LogP contribution is 2.41. The van der Waals surface area contributed by atoms with Gasteiger partial charge in [-0.15, -0.1) is 11.8 Å². The summed E-state index contributed by atoms with van der Waals surface area (Å²) >= 11 is 1.59. The molecule has 0 saturated heterocycles. The van der Waals surface area contributed by atoms with Gasteiger partial charge < -0.3 is 9.64 Å². The number of amides is 1. The summed E-state index contributed by atoms with van der Waals surface area (Å²) in [5, 5.41) is -0.0953. The molecule has 3 rings (SSSR count). The smallest absolute Gasteiger partial charge is 0.240 e. The monoisotopic (exact) mass is 325 g/mol. The van der Waals surface area contributed by atoms with E-state index in [0.29, 0.717) is 6.54 Å². The molecule has 1 atom stereocenters. The number of thioether (sulfide) groups is 1. The van der Waals surface area contributed by atoms with Crippen molar-refractivity contribution in [2.75, 3.05) is 12.0 Å². The van der Waals surface area contributed by atoms with E-state index in [0.717, 1.165) is 27.5 Å². The first kappa shape index (κ1) is 15.7. The lowest BCUT2D eigenvalue weighted by molar-refractivity contribution is -0.118. The molecule has 1 unspecified atom stereocenters. The fourth-order valence-corrected chi connectivity index (χ4v) is 3.71. The first-order valence-corrected chi connectivity index (χ1v) is 8.38. The molecule has 0 fully saturated rings. The maximum absolute atomic E-state index is 12.6. The van der Waals surface area contributed by atoms with Gasteiger partial charge in [0.2, 0.25) is 5.91 Å². The Labute approximate surface area is 141 Å². The van der Waals surface area contributed by atoms with Gasteiger partial charge in [0.15, 0.2) is 0 Å². The number of ether oxygens (including phenoxy) is 1. The van der Waals surface area contributed by atoms with Gasteiger partial charge in [-0.1, -0.05) is 36.9 Å². The number of rotatable bonds is 4. The van der Waals surface area contributed by atoms with Crippen molar-refractivity contribution in [2.45, 2.75) is 23.6 Å². The minimum absolute atomic E-state index is 0.0953. The van der Waals surface area contributed by atoms with E-state index in [1.807, 2.05) is 60.4 Å². The molecule has 3 nitrogen and oxygen atoms in total. The van der Waals surface area contributed by atoms with Gasteiger partial charge in [0.05, 0.1) is 24.6 Å². The zero-order valence-corrected chi connectivity index (χ0v) is 14.1. The number of fused-ring (bicyclic) bond motifs is 1. The summed E-state index contributed by atoms with van der Waals surface area (Å²) in [6, 6.07) is 14.0. The van der Waals surface area contributed by atoms with E-state index in [2.05, 4.69) is 6.58 Å². The second kappa shape index (κ2) is 6.50. The Morgan fingerprint density at radius 1 is 1.26 bits per heavy atom. The van der Waals surface area contributed by atoms with Gasteiger partial charge >= 0.3 is 0 Å². The Morgan fingerprint density at radius 3 is 2.65 bits per heavy atom. The standard InChI is InChI=1S/C19H19NO2S/c1-4-14-5-7-15(8-6-14)12-20-17-10-9-16(22-3)11-18(17)23-13(2)19(20)21/h4-11,13H,1,12H2,2-3H3. The van der Waals surface area contributed by atoms with E-state index in [9.17, 15) is 4.79 Å². The van der Waals surface area contributed by atoms with Gasteiger partial charge in [0, 0.05) is 4.90 Å². The van der Waals surface area contributed by atoms with E-state index < -0.39 is 0 Å². The van der Waals surface area contributed by atoms with Crippen LogP contribution in [0, 0.1) is 0 Å². The summed E-state index contributed by atoms with van der Waals surface area (Å²) in [5.41, 5.74) is 3.13. The third kappa shape index (κ3) is 3.13.